The van der Waals surface area contributed by atoms with E-state index in [1.807, 2.05) is 0 Å². The van der Waals surface area contributed by atoms with Crippen molar-refractivity contribution in [2.24, 2.45) is 0 Å². The van der Waals surface area contributed by atoms with Crippen LogP contribution in [0.3, 0.4) is 0 Å². The minimum Gasteiger partial charge on any atom is -0.469 e. The van der Waals surface area contributed by atoms with E-state index in [4.69, 9.17) is 4.74 Å². The molecule has 1 atom stereocenters. The zero-order valence-electron chi connectivity index (χ0n) is 12.7. The van der Waals surface area contributed by atoms with E-state index in [1.54, 1.807) is 19.1 Å². The van der Waals surface area contributed by atoms with Crippen molar-refractivity contribution in [2.75, 3.05) is 27.9 Å². The summed E-state index contributed by atoms with van der Waals surface area (Å²) in [5.74, 6) is -0.364. The third-order valence-corrected chi connectivity index (χ3v) is 5.19. The molecule has 0 aliphatic rings. The zero-order chi connectivity index (χ0) is 16.0. The van der Waals surface area contributed by atoms with E-state index in [0.29, 0.717) is 12.2 Å². The van der Waals surface area contributed by atoms with E-state index >= 15 is 0 Å². The first kappa shape index (κ1) is 17.6. The molecule has 118 valence electrons. The average Bonchev–Trinajstić information content (AvgIpc) is 2.47. The predicted molar refractivity (Wildman–Crippen MR) is 78.4 cm³/mol. The Balaban J connectivity index is 2.92. The van der Waals surface area contributed by atoms with Gasteiger partial charge in [0, 0.05) is 20.2 Å². The van der Waals surface area contributed by atoms with Crippen molar-refractivity contribution in [1.82, 2.24) is 4.31 Å². The quantitative estimate of drug-likeness (QED) is 0.703. The number of hydrogen-bond donors (Lipinski definition) is 0. The van der Waals surface area contributed by atoms with Gasteiger partial charge in [0.2, 0.25) is 10.0 Å². The maximum Gasteiger partial charge on any atom is 0.309 e. The minimum absolute atomic E-state index is 0.118. The molecule has 0 fully saturated rings. The molecule has 6 nitrogen and oxygen atoms in total. The van der Waals surface area contributed by atoms with Crippen molar-refractivity contribution in [1.29, 1.82) is 0 Å². The number of sulfonamides is 1. The molecule has 0 bridgehead atoms. The lowest BCUT2D eigenvalue weighted by Gasteiger charge is -2.23. The molecule has 0 aliphatic heterocycles. The van der Waals surface area contributed by atoms with Gasteiger partial charge >= 0.3 is 5.97 Å². The van der Waals surface area contributed by atoms with Crippen molar-refractivity contribution in [2.45, 2.75) is 24.3 Å². The SMILES string of the molecule is COCC(C)N(C)S(=O)(=O)c1ccc(CC(=O)OC)cc1. The summed E-state index contributed by atoms with van der Waals surface area (Å²) < 4.78 is 35.6. The van der Waals surface area contributed by atoms with E-state index in [0.717, 1.165) is 0 Å². The molecular formula is C14H21NO5S. The lowest BCUT2D eigenvalue weighted by atomic mass is 10.2. The fourth-order valence-electron chi connectivity index (χ4n) is 1.77. The van der Waals surface area contributed by atoms with Gasteiger partial charge in [0.05, 0.1) is 25.0 Å². The Morgan fingerprint density at radius 2 is 1.81 bits per heavy atom. The van der Waals surface area contributed by atoms with Crippen LogP contribution >= 0.6 is 0 Å². The van der Waals surface area contributed by atoms with E-state index in [9.17, 15) is 13.2 Å². The predicted octanol–water partition coefficient (Wildman–Crippen LogP) is 1.06. The van der Waals surface area contributed by atoms with Gasteiger partial charge < -0.3 is 9.47 Å². The van der Waals surface area contributed by atoms with Crippen molar-refractivity contribution < 1.29 is 22.7 Å². The molecule has 0 spiro atoms. The van der Waals surface area contributed by atoms with Crippen LogP contribution in [0.2, 0.25) is 0 Å². The third-order valence-electron chi connectivity index (χ3n) is 3.21. The van der Waals surface area contributed by atoms with Crippen LogP contribution in [0.25, 0.3) is 0 Å². The number of hydrogen-bond acceptors (Lipinski definition) is 5. The second kappa shape index (κ2) is 7.53. The summed E-state index contributed by atoms with van der Waals surface area (Å²) >= 11 is 0. The molecule has 0 radical (unpaired) electrons. The Kier molecular flexibility index (Phi) is 6.32. The second-order valence-electron chi connectivity index (χ2n) is 4.72. The summed E-state index contributed by atoms with van der Waals surface area (Å²) in [5.41, 5.74) is 0.702. The van der Waals surface area contributed by atoms with Crippen molar-refractivity contribution >= 4 is 16.0 Å². The molecule has 0 heterocycles. The summed E-state index contributed by atoms with van der Waals surface area (Å²) in [4.78, 5) is 11.4. The minimum atomic E-state index is -3.57. The van der Waals surface area contributed by atoms with Crippen LogP contribution in [0, 0.1) is 0 Å². The van der Waals surface area contributed by atoms with Gasteiger partial charge in [0.25, 0.3) is 0 Å². The Hall–Kier alpha value is -1.44. The standard InChI is InChI=1S/C14H21NO5S/c1-11(10-19-3)15(2)21(17,18)13-7-5-12(6-8-13)9-14(16)20-4/h5-8,11H,9-10H2,1-4H3. The number of esters is 1. The van der Waals surface area contributed by atoms with Crippen LogP contribution in [0.15, 0.2) is 29.2 Å². The number of likely N-dealkylation sites (N-methyl/N-ethyl adjacent to an activating group) is 1. The molecule has 1 aromatic carbocycles. The largest absolute Gasteiger partial charge is 0.469 e. The number of nitrogens with zero attached hydrogens (tertiary/aromatic N) is 1. The highest BCUT2D eigenvalue weighted by molar-refractivity contribution is 7.89. The third kappa shape index (κ3) is 4.52. The van der Waals surface area contributed by atoms with Crippen LogP contribution in [0.4, 0.5) is 0 Å². The van der Waals surface area contributed by atoms with Gasteiger partial charge in [0.1, 0.15) is 0 Å². The smallest absolute Gasteiger partial charge is 0.309 e. The zero-order valence-corrected chi connectivity index (χ0v) is 13.5. The Bertz CT molecular complexity index is 568. The van der Waals surface area contributed by atoms with Gasteiger partial charge in [-0.2, -0.15) is 4.31 Å². The first-order valence-corrected chi connectivity index (χ1v) is 7.89. The van der Waals surface area contributed by atoms with Gasteiger partial charge in [-0.05, 0) is 24.6 Å². The normalized spacial score (nSPS) is 13.2. The van der Waals surface area contributed by atoms with Gasteiger partial charge in [-0.25, -0.2) is 8.42 Å². The summed E-state index contributed by atoms with van der Waals surface area (Å²) in [6, 6.07) is 5.93. The van der Waals surface area contributed by atoms with E-state index in [1.165, 1.54) is 37.7 Å². The molecule has 0 amide bonds. The van der Waals surface area contributed by atoms with Gasteiger partial charge in [-0.1, -0.05) is 12.1 Å². The average molecular weight is 315 g/mol. The van der Waals surface area contributed by atoms with Crippen LogP contribution in [0.5, 0.6) is 0 Å². The molecule has 1 rings (SSSR count). The number of carbonyl (C=O) groups is 1. The van der Waals surface area contributed by atoms with Crippen LogP contribution in [-0.4, -0.2) is 52.6 Å². The van der Waals surface area contributed by atoms with Crippen LogP contribution in [0.1, 0.15) is 12.5 Å². The monoisotopic (exact) mass is 315 g/mol. The van der Waals surface area contributed by atoms with Crippen molar-refractivity contribution in [3.8, 4) is 0 Å². The molecule has 1 unspecified atom stereocenters. The molecule has 0 N–H and O–H groups in total. The lowest BCUT2D eigenvalue weighted by Crippen LogP contribution is -2.37. The molecule has 0 aromatic heterocycles. The fraction of sp³-hybridized carbons (Fsp3) is 0.500. The maximum atomic E-state index is 12.4. The summed E-state index contributed by atoms with van der Waals surface area (Å²) in [5, 5.41) is 0. The van der Waals surface area contributed by atoms with Crippen molar-refractivity contribution in [3.63, 3.8) is 0 Å². The number of ether oxygens (including phenoxy) is 2. The molecule has 21 heavy (non-hydrogen) atoms. The van der Waals surface area contributed by atoms with Crippen LogP contribution in [-0.2, 0) is 30.7 Å². The van der Waals surface area contributed by atoms with Crippen molar-refractivity contribution in [3.05, 3.63) is 29.8 Å². The second-order valence-corrected chi connectivity index (χ2v) is 6.72. The number of methoxy groups -OCH3 is 2. The molecule has 7 heteroatoms. The molecule has 1 aromatic rings. The van der Waals surface area contributed by atoms with Gasteiger partial charge in [-0.3, -0.25) is 4.79 Å². The maximum absolute atomic E-state index is 12.4. The van der Waals surface area contributed by atoms with E-state index in [2.05, 4.69) is 4.74 Å². The highest BCUT2D eigenvalue weighted by Crippen LogP contribution is 2.17. The first-order chi connectivity index (χ1) is 9.82. The number of carbonyl (C=O) groups excluding carboxylic acids is 1. The van der Waals surface area contributed by atoms with Gasteiger partial charge in [-0.15, -0.1) is 0 Å². The van der Waals surface area contributed by atoms with E-state index < -0.39 is 10.0 Å². The van der Waals surface area contributed by atoms with Gasteiger partial charge in [0.15, 0.2) is 0 Å². The summed E-state index contributed by atoms with van der Waals surface area (Å²) in [6.07, 6.45) is 0.118. The first-order valence-electron chi connectivity index (χ1n) is 6.45. The molecule has 0 aliphatic carbocycles. The Morgan fingerprint density at radius 3 is 2.29 bits per heavy atom. The highest BCUT2D eigenvalue weighted by Gasteiger charge is 2.25. The molecule has 0 saturated carbocycles. The highest BCUT2D eigenvalue weighted by atomic mass is 32.2. The van der Waals surface area contributed by atoms with Crippen LogP contribution < -0.4 is 0 Å². The summed E-state index contributed by atoms with van der Waals surface area (Å²) in [6.45, 7) is 2.09. The van der Waals surface area contributed by atoms with E-state index in [-0.39, 0.29) is 23.3 Å². The Morgan fingerprint density at radius 1 is 1.24 bits per heavy atom. The Labute approximate surface area is 125 Å². The summed E-state index contributed by atoms with van der Waals surface area (Å²) in [7, 11) is 0.780. The number of rotatable bonds is 7. The number of benzene rings is 1. The lowest BCUT2D eigenvalue weighted by molar-refractivity contribution is -0.139. The topological polar surface area (TPSA) is 72.9 Å². The molecule has 0 saturated heterocycles. The fourth-order valence-corrected chi connectivity index (χ4v) is 3.11. The molecular weight excluding hydrogens is 294 g/mol.